The van der Waals surface area contributed by atoms with Gasteiger partial charge in [-0.2, -0.15) is 0 Å². The van der Waals surface area contributed by atoms with Crippen molar-refractivity contribution in [3.8, 4) is 10.7 Å². The molecule has 0 unspecified atom stereocenters. The van der Waals surface area contributed by atoms with E-state index >= 15 is 0 Å². The van der Waals surface area contributed by atoms with Crippen molar-refractivity contribution in [1.29, 1.82) is 0 Å². The minimum absolute atomic E-state index is 0.0307. The predicted octanol–water partition coefficient (Wildman–Crippen LogP) is 3.18. The minimum atomic E-state index is -0.453. The number of aromatic nitrogens is 2. The number of hydrogen-bond donors (Lipinski definition) is 1. The number of H-pyrrole nitrogens is 1. The lowest BCUT2D eigenvalue weighted by Crippen LogP contribution is -2.07. The summed E-state index contributed by atoms with van der Waals surface area (Å²) in [6.07, 6.45) is 0.847. The number of thiophene rings is 2. The molecule has 20 heavy (non-hydrogen) atoms. The van der Waals surface area contributed by atoms with E-state index in [2.05, 4.69) is 9.97 Å². The maximum Gasteiger partial charge on any atom is 0.324 e. The van der Waals surface area contributed by atoms with E-state index < -0.39 is 4.92 Å². The minimum Gasteiger partial charge on any atom is -0.305 e. The number of hydrogen-bond acceptors (Lipinski definition) is 6. The highest BCUT2D eigenvalue weighted by Gasteiger charge is 2.14. The standard InChI is InChI=1S/C12H9N3O3S2/c1-2-6-5-7-11(16)13-10(14-12(7)19-6)8-3-4-9(20-8)15(17)18/h3-5H,2H2,1H3,(H,13,14,16). The summed E-state index contributed by atoms with van der Waals surface area (Å²) in [6.45, 7) is 2.02. The van der Waals surface area contributed by atoms with E-state index in [0.29, 0.717) is 20.9 Å². The van der Waals surface area contributed by atoms with Crippen LogP contribution < -0.4 is 5.56 Å². The van der Waals surface area contributed by atoms with E-state index in [0.717, 1.165) is 22.6 Å². The molecule has 0 spiro atoms. The van der Waals surface area contributed by atoms with E-state index in [1.807, 2.05) is 13.0 Å². The summed E-state index contributed by atoms with van der Waals surface area (Å²) in [4.78, 5) is 31.7. The van der Waals surface area contributed by atoms with Gasteiger partial charge in [-0.15, -0.1) is 11.3 Å². The van der Waals surface area contributed by atoms with Gasteiger partial charge in [-0.1, -0.05) is 18.3 Å². The maximum atomic E-state index is 12.0. The monoisotopic (exact) mass is 307 g/mol. The molecule has 0 saturated heterocycles. The molecule has 0 saturated carbocycles. The molecule has 0 aliphatic rings. The van der Waals surface area contributed by atoms with Crippen molar-refractivity contribution in [3.05, 3.63) is 43.5 Å². The van der Waals surface area contributed by atoms with Crippen LogP contribution in [0.4, 0.5) is 5.00 Å². The quantitative estimate of drug-likeness (QED) is 0.594. The third-order valence-corrected chi connectivity index (χ3v) is 5.02. The molecular weight excluding hydrogens is 298 g/mol. The number of aromatic amines is 1. The molecule has 3 aromatic heterocycles. The number of rotatable bonds is 3. The number of nitrogens with one attached hydrogen (secondary N) is 1. The Bertz CT molecular complexity index is 862. The first-order valence-corrected chi connectivity index (χ1v) is 7.49. The van der Waals surface area contributed by atoms with Crippen LogP contribution in [0, 0.1) is 10.1 Å². The highest BCUT2D eigenvalue weighted by Crippen LogP contribution is 2.31. The summed E-state index contributed by atoms with van der Waals surface area (Å²) in [7, 11) is 0. The molecule has 0 aliphatic heterocycles. The van der Waals surface area contributed by atoms with Crippen LogP contribution in [0.5, 0.6) is 0 Å². The van der Waals surface area contributed by atoms with Crippen LogP contribution >= 0.6 is 22.7 Å². The van der Waals surface area contributed by atoms with Crippen LogP contribution in [0.3, 0.4) is 0 Å². The van der Waals surface area contributed by atoms with Crippen molar-refractivity contribution in [2.45, 2.75) is 13.3 Å². The lowest BCUT2D eigenvalue weighted by molar-refractivity contribution is -0.380. The van der Waals surface area contributed by atoms with Gasteiger partial charge in [0.15, 0.2) is 5.82 Å². The fourth-order valence-corrected chi connectivity index (χ4v) is 3.56. The van der Waals surface area contributed by atoms with Crippen molar-refractivity contribution in [2.24, 2.45) is 0 Å². The Balaban J connectivity index is 2.15. The fraction of sp³-hybridized carbons (Fsp3) is 0.167. The van der Waals surface area contributed by atoms with Gasteiger partial charge in [-0.3, -0.25) is 14.9 Å². The lowest BCUT2D eigenvalue weighted by atomic mass is 10.3. The van der Waals surface area contributed by atoms with E-state index in [4.69, 9.17) is 0 Å². The van der Waals surface area contributed by atoms with Crippen molar-refractivity contribution < 1.29 is 4.92 Å². The van der Waals surface area contributed by atoms with Crippen LogP contribution in [-0.4, -0.2) is 14.9 Å². The number of aryl methyl sites for hydroxylation is 1. The average molecular weight is 307 g/mol. The Morgan fingerprint density at radius 2 is 2.20 bits per heavy atom. The second-order valence-electron chi connectivity index (χ2n) is 4.09. The molecule has 1 N–H and O–H groups in total. The van der Waals surface area contributed by atoms with Crippen LogP contribution in [0.25, 0.3) is 20.9 Å². The molecule has 8 heteroatoms. The van der Waals surface area contributed by atoms with Crippen LogP contribution in [0.15, 0.2) is 23.0 Å². The second kappa shape index (κ2) is 4.80. The SMILES string of the molecule is CCc1cc2c(=O)[nH]c(-c3ccc([N+](=O)[O-])s3)nc2s1. The van der Waals surface area contributed by atoms with Gasteiger partial charge >= 0.3 is 5.00 Å². The first kappa shape index (κ1) is 12.9. The number of fused-ring (bicyclic) bond motifs is 1. The number of nitro groups is 1. The topological polar surface area (TPSA) is 88.9 Å². The van der Waals surface area contributed by atoms with Gasteiger partial charge < -0.3 is 4.98 Å². The smallest absolute Gasteiger partial charge is 0.305 e. The highest BCUT2D eigenvalue weighted by molar-refractivity contribution is 7.19. The first-order valence-electron chi connectivity index (χ1n) is 5.86. The largest absolute Gasteiger partial charge is 0.324 e. The molecule has 3 heterocycles. The van der Waals surface area contributed by atoms with Gasteiger partial charge in [0.05, 0.1) is 15.2 Å². The summed E-state index contributed by atoms with van der Waals surface area (Å²) in [5, 5.41) is 11.3. The van der Waals surface area contributed by atoms with Gasteiger partial charge in [0, 0.05) is 10.9 Å². The molecule has 0 aromatic carbocycles. The molecule has 3 aromatic rings. The van der Waals surface area contributed by atoms with Crippen molar-refractivity contribution in [3.63, 3.8) is 0 Å². The molecule has 3 rings (SSSR count). The lowest BCUT2D eigenvalue weighted by Gasteiger charge is -1.95. The van der Waals surface area contributed by atoms with E-state index in [1.165, 1.54) is 17.4 Å². The normalized spacial score (nSPS) is 11.1. The Morgan fingerprint density at radius 1 is 1.40 bits per heavy atom. The second-order valence-corrected chi connectivity index (χ2v) is 6.27. The van der Waals surface area contributed by atoms with Gasteiger partial charge in [-0.25, -0.2) is 4.98 Å². The molecule has 6 nitrogen and oxygen atoms in total. The van der Waals surface area contributed by atoms with Gasteiger partial charge in [-0.05, 0) is 18.6 Å². The Hall–Kier alpha value is -2.06. The van der Waals surface area contributed by atoms with Gasteiger partial charge in [0.2, 0.25) is 0 Å². The van der Waals surface area contributed by atoms with Gasteiger partial charge in [0.25, 0.3) is 5.56 Å². The maximum absolute atomic E-state index is 12.0. The number of nitrogens with zero attached hydrogens (tertiary/aromatic N) is 2. The summed E-state index contributed by atoms with van der Waals surface area (Å²) in [5.41, 5.74) is -0.211. The van der Waals surface area contributed by atoms with Crippen molar-refractivity contribution in [2.75, 3.05) is 0 Å². The molecule has 0 radical (unpaired) electrons. The van der Waals surface area contributed by atoms with Gasteiger partial charge in [0.1, 0.15) is 4.83 Å². The van der Waals surface area contributed by atoms with E-state index in [1.54, 1.807) is 6.07 Å². The zero-order chi connectivity index (χ0) is 14.3. The van der Waals surface area contributed by atoms with Crippen LogP contribution in [-0.2, 0) is 6.42 Å². The molecule has 0 atom stereocenters. The molecule has 0 amide bonds. The van der Waals surface area contributed by atoms with E-state index in [9.17, 15) is 14.9 Å². The highest BCUT2D eigenvalue weighted by atomic mass is 32.1. The summed E-state index contributed by atoms with van der Waals surface area (Å²) in [6, 6.07) is 4.85. The summed E-state index contributed by atoms with van der Waals surface area (Å²) >= 11 is 2.47. The predicted molar refractivity (Wildman–Crippen MR) is 79.6 cm³/mol. The Morgan fingerprint density at radius 3 is 2.85 bits per heavy atom. The first-order chi connectivity index (χ1) is 9.58. The third kappa shape index (κ3) is 2.12. The zero-order valence-corrected chi connectivity index (χ0v) is 12.0. The Labute approximate surface area is 120 Å². The van der Waals surface area contributed by atoms with E-state index in [-0.39, 0.29) is 10.6 Å². The van der Waals surface area contributed by atoms with Crippen molar-refractivity contribution in [1.82, 2.24) is 9.97 Å². The molecule has 0 fully saturated rings. The fourth-order valence-electron chi connectivity index (χ4n) is 1.83. The summed E-state index contributed by atoms with van der Waals surface area (Å²) < 4.78 is 0. The Kier molecular flexibility index (Phi) is 3.11. The van der Waals surface area contributed by atoms with Crippen LogP contribution in [0.1, 0.15) is 11.8 Å². The molecular formula is C12H9N3O3S2. The average Bonchev–Trinajstić information content (AvgIpc) is 3.05. The zero-order valence-electron chi connectivity index (χ0n) is 10.4. The van der Waals surface area contributed by atoms with Crippen molar-refractivity contribution >= 4 is 37.9 Å². The van der Waals surface area contributed by atoms with Crippen LogP contribution in [0.2, 0.25) is 0 Å². The summed E-state index contributed by atoms with van der Waals surface area (Å²) in [5.74, 6) is 0.380. The molecule has 102 valence electrons. The third-order valence-electron chi connectivity index (χ3n) is 2.81. The molecule has 0 bridgehead atoms. The molecule has 0 aliphatic carbocycles.